The Morgan fingerprint density at radius 3 is 2.22 bits per heavy atom. The van der Waals surface area contributed by atoms with Crippen LogP contribution in [0.4, 0.5) is 0 Å². The van der Waals surface area contributed by atoms with Crippen molar-refractivity contribution in [2.24, 2.45) is 11.8 Å². The molecule has 1 aliphatic rings. The first kappa shape index (κ1) is 7.79. The molecule has 3 atom stereocenters. The van der Waals surface area contributed by atoms with Crippen LogP contribution in [0, 0.1) is 11.8 Å². The zero-order chi connectivity index (χ0) is 6.85. The van der Waals surface area contributed by atoms with Crippen LogP contribution in [0.25, 0.3) is 0 Å². The first-order valence-electron chi connectivity index (χ1n) is 3.53. The van der Waals surface area contributed by atoms with Crippen LogP contribution in [0.2, 0.25) is 0 Å². The molecule has 0 amide bonds. The zero-order valence-corrected chi connectivity index (χ0v) is 8.13. The van der Waals surface area contributed by atoms with E-state index in [1.54, 1.807) is 0 Å². The Kier molecular flexibility index (Phi) is 2.76. The third kappa shape index (κ3) is 1.58. The minimum atomic E-state index is -0.464. The number of hydrogen-bond acceptors (Lipinski definition) is 1. The molecule has 0 heterocycles. The Morgan fingerprint density at radius 2 is 2.00 bits per heavy atom. The molecular weight excluding hydrogens is 227 g/mol. The third-order valence-corrected chi connectivity index (χ3v) is 4.96. The molecule has 3 unspecified atom stereocenters. The molecule has 56 valence electrons. The summed E-state index contributed by atoms with van der Waals surface area (Å²) in [5.41, 5.74) is 0. The van der Waals surface area contributed by atoms with E-state index in [2.05, 4.69) is 13.8 Å². The van der Waals surface area contributed by atoms with Crippen molar-refractivity contribution in [2.45, 2.75) is 30.6 Å². The molecule has 0 spiro atoms. The Labute approximate surface area is 67.7 Å². The van der Waals surface area contributed by atoms with Crippen LogP contribution in [0.15, 0.2) is 0 Å². The molecule has 9 heavy (non-hydrogen) atoms. The van der Waals surface area contributed by atoms with Gasteiger partial charge >= 0.3 is 67.5 Å². The summed E-state index contributed by atoms with van der Waals surface area (Å²) in [5.74, 6) is 1.66. The van der Waals surface area contributed by atoms with E-state index in [0.717, 1.165) is 11.8 Å². The predicted octanol–water partition coefficient (Wildman–Crippen LogP) is -1.58. The van der Waals surface area contributed by atoms with Gasteiger partial charge in [0.2, 0.25) is 0 Å². The summed E-state index contributed by atoms with van der Waals surface area (Å²) in [6.45, 7) is 4.57. The molecule has 0 saturated heterocycles. The fourth-order valence-corrected chi connectivity index (χ4v) is 3.30. The van der Waals surface area contributed by atoms with Crippen LogP contribution in [0.3, 0.4) is 0 Å². The van der Waals surface area contributed by atoms with E-state index in [1.165, 1.54) is 12.8 Å². The summed E-state index contributed by atoms with van der Waals surface area (Å²) in [4.78, 5) is 0. The molecule has 1 fully saturated rings. The van der Waals surface area contributed by atoms with Crippen molar-refractivity contribution >= 4 is 0 Å². The van der Waals surface area contributed by atoms with E-state index in [0.29, 0.717) is 3.92 Å². The average Bonchev–Trinajstić information content (AvgIpc) is 2.15. The topological polar surface area (TPSA) is 20.2 Å². The van der Waals surface area contributed by atoms with Crippen LogP contribution in [0.5, 0.6) is 0 Å². The number of hydrogen-bond donors (Lipinski definition) is 1. The summed E-state index contributed by atoms with van der Waals surface area (Å²) in [5, 5.41) is 0. The van der Waals surface area contributed by atoms with Crippen molar-refractivity contribution in [3.63, 3.8) is 0 Å². The molecule has 0 aromatic rings. The van der Waals surface area contributed by atoms with E-state index in [-0.39, 0.29) is 0 Å². The Morgan fingerprint density at radius 1 is 1.33 bits per heavy atom. The van der Waals surface area contributed by atoms with Gasteiger partial charge in [-0.15, -0.1) is 0 Å². The van der Waals surface area contributed by atoms with Gasteiger partial charge in [0.1, 0.15) is 0 Å². The SMILES string of the molecule is CC1CCC([I-]O)C1C. The van der Waals surface area contributed by atoms with Gasteiger partial charge in [-0.2, -0.15) is 0 Å². The van der Waals surface area contributed by atoms with Gasteiger partial charge in [0.25, 0.3) is 0 Å². The fraction of sp³-hybridized carbons (Fsp3) is 1.00. The zero-order valence-electron chi connectivity index (χ0n) is 5.97. The maximum atomic E-state index is 8.96. The fourth-order valence-electron chi connectivity index (χ4n) is 1.44. The van der Waals surface area contributed by atoms with Crippen LogP contribution < -0.4 is 21.6 Å². The standard InChI is InChI=1S/C7H14IO/c1-5-3-4-7(8-9)6(5)2/h5-7,9H,3-4H2,1-2H3/q-1. The molecule has 1 rings (SSSR count). The Balaban J connectivity index is 2.41. The average molecular weight is 241 g/mol. The van der Waals surface area contributed by atoms with Gasteiger partial charge < -0.3 is 0 Å². The van der Waals surface area contributed by atoms with Crippen molar-refractivity contribution in [1.82, 2.24) is 0 Å². The first-order valence-corrected chi connectivity index (χ1v) is 5.74. The number of halogens is 1. The van der Waals surface area contributed by atoms with E-state index >= 15 is 0 Å². The van der Waals surface area contributed by atoms with E-state index in [4.69, 9.17) is 3.44 Å². The van der Waals surface area contributed by atoms with E-state index in [9.17, 15) is 0 Å². The van der Waals surface area contributed by atoms with Gasteiger partial charge in [0, 0.05) is 0 Å². The van der Waals surface area contributed by atoms with Crippen molar-refractivity contribution in [3.05, 3.63) is 0 Å². The van der Waals surface area contributed by atoms with Crippen LogP contribution >= 0.6 is 0 Å². The quantitative estimate of drug-likeness (QED) is 0.434. The molecule has 1 aliphatic carbocycles. The van der Waals surface area contributed by atoms with Crippen LogP contribution in [-0.4, -0.2) is 7.36 Å². The third-order valence-electron chi connectivity index (χ3n) is 2.49. The molecule has 0 aliphatic heterocycles. The van der Waals surface area contributed by atoms with Gasteiger partial charge in [-0.25, -0.2) is 0 Å². The monoisotopic (exact) mass is 241 g/mol. The molecule has 1 saturated carbocycles. The normalized spacial score (nSPS) is 44.1. The Bertz CT molecular complexity index is 94.9. The minimum absolute atomic E-state index is 0.464. The summed E-state index contributed by atoms with van der Waals surface area (Å²) in [6, 6.07) is 0. The van der Waals surface area contributed by atoms with Gasteiger partial charge in [-0.3, -0.25) is 0 Å². The van der Waals surface area contributed by atoms with E-state index in [1.807, 2.05) is 0 Å². The molecule has 0 radical (unpaired) electrons. The second-order valence-electron chi connectivity index (χ2n) is 3.03. The predicted molar refractivity (Wildman–Crippen MR) is 33.6 cm³/mol. The molecule has 2 heteroatoms. The summed E-state index contributed by atoms with van der Waals surface area (Å²) in [6.07, 6.45) is 2.62. The van der Waals surface area contributed by atoms with Gasteiger partial charge in [-0.05, 0) is 0 Å². The van der Waals surface area contributed by atoms with Crippen molar-refractivity contribution in [3.8, 4) is 0 Å². The van der Waals surface area contributed by atoms with Gasteiger partial charge in [0.15, 0.2) is 0 Å². The van der Waals surface area contributed by atoms with Crippen molar-refractivity contribution < 1.29 is 25.1 Å². The maximum absolute atomic E-state index is 8.96. The van der Waals surface area contributed by atoms with Crippen LogP contribution in [0.1, 0.15) is 26.7 Å². The first-order chi connectivity index (χ1) is 4.25. The molecule has 0 aromatic heterocycles. The molecule has 1 N–H and O–H groups in total. The van der Waals surface area contributed by atoms with Gasteiger partial charge in [0.05, 0.1) is 0 Å². The summed E-state index contributed by atoms with van der Waals surface area (Å²) >= 11 is -0.464. The number of alkyl halides is 1. The molecule has 0 bridgehead atoms. The van der Waals surface area contributed by atoms with Crippen molar-refractivity contribution in [2.75, 3.05) is 0 Å². The second kappa shape index (κ2) is 3.19. The molecular formula is C7H14IO-. The van der Waals surface area contributed by atoms with Crippen LogP contribution in [-0.2, 0) is 0 Å². The summed E-state index contributed by atoms with van der Waals surface area (Å²) < 4.78 is 9.67. The van der Waals surface area contributed by atoms with E-state index < -0.39 is 21.6 Å². The number of rotatable bonds is 1. The summed E-state index contributed by atoms with van der Waals surface area (Å²) in [7, 11) is 0. The van der Waals surface area contributed by atoms with Gasteiger partial charge in [-0.1, -0.05) is 0 Å². The molecule has 1 nitrogen and oxygen atoms in total. The Hall–Kier alpha value is 0.690. The van der Waals surface area contributed by atoms with Crippen molar-refractivity contribution in [1.29, 1.82) is 0 Å². The molecule has 0 aromatic carbocycles. The second-order valence-corrected chi connectivity index (χ2v) is 5.18.